The summed E-state index contributed by atoms with van der Waals surface area (Å²) >= 11 is -11.1. The molecule has 0 aromatic carbocycles. The molecule has 2 rings (SSSR count). The van der Waals surface area contributed by atoms with Gasteiger partial charge in [0.25, 0.3) is 0 Å². The van der Waals surface area contributed by atoms with Crippen LogP contribution in [0.5, 0.6) is 0 Å². The minimum Gasteiger partial charge on any atom is -0.652 e. The van der Waals surface area contributed by atoms with E-state index in [4.69, 9.17) is 15.0 Å². The second-order valence-corrected chi connectivity index (χ2v) is 11.2. The first kappa shape index (κ1) is 32.9. The topological polar surface area (TPSA) is 93.7 Å². The Hall–Kier alpha value is -0.245. The molecule has 0 aliphatic carbocycles. The third-order valence-electron chi connectivity index (χ3n) is 4.26. The number of fused-ring (bicyclic) bond motifs is 4. The Morgan fingerprint density at radius 1 is 0.613 bits per heavy atom. The maximum atomic E-state index is 9.91. The molecule has 0 amide bonds. The number of nitrogens with one attached hydrogen (secondary N) is 2. The Morgan fingerprint density at radius 2 is 0.806 bits per heavy atom. The largest absolute Gasteiger partial charge is 3.00 e. The zero-order valence-electron chi connectivity index (χ0n) is 17.3. The molecular weight excluding hydrogens is 544 g/mol. The molecule has 0 aromatic heterocycles. The first-order valence-corrected chi connectivity index (χ1v) is 14.2. The van der Waals surface area contributed by atoms with Gasteiger partial charge in [0, 0.05) is 0 Å². The van der Waals surface area contributed by atoms with E-state index in [0.29, 0.717) is 0 Å². The van der Waals surface area contributed by atoms with Crippen molar-refractivity contribution in [3.8, 4) is 0 Å². The van der Waals surface area contributed by atoms with E-state index in [1.165, 1.54) is 97.6 Å². The number of hydrogen-bond acceptors (Lipinski definition) is 7. The summed E-state index contributed by atoms with van der Waals surface area (Å²) in [4.78, 5) is 13.7. The van der Waals surface area contributed by atoms with Gasteiger partial charge in [-0.1, -0.05) is 0 Å². The molecule has 2 N–H and O–H groups in total. The second-order valence-electron chi connectivity index (χ2n) is 7.16. The molecule has 2 fully saturated rings. The van der Waals surface area contributed by atoms with Crippen molar-refractivity contribution in [2.45, 2.75) is 32.1 Å². The molecule has 0 atom stereocenters. The molecule has 0 spiro atoms. The minimum absolute atomic E-state index is 0. The van der Waals surface area contributed by atoms with Gasteiger partial charge in [0.15, 0.2) is 0 Å². The van der Waals surface area contributed by atoms with E-state index in [-0.39, 0.29) is 16.8 Å². The van der Waals surface area contributed by atoms with E-state index in [9.17, 15) is 20.8 Å². The van der Waals surface area contributed by atoms with Gasteiger partial charge in [0.1, 0.15) is 0 Å². The summed E-state index contributed by atoms with van der Waals surface area (Å²) in [5, 5.41) is 23.8. The predicted octanol–water partition coefficient (Wildman–Crippen LogP) is 0.438. The fraction of sp³-hybridized carbons (Fsp3) is 0.938. The molecule has 190 valence electrons. The Labute approximate surface area is 190 Å². The zero-order valence-corrected chi connectivity index (χ0v) is 20.2. The van der Waals surface area contributed by atoms with Crippen molar-refractivity contribution in [2.75, 3.05) is 65.4 Å². The van der Waals surface area contributed by atoms with Crippen LogP contribution >= 0.6 is 0 Å². The molecule has 2 saturated heterocycles. The molecular formula is C16H32AsCoF6N4O3. The molecule has 0 unspecified atom stereocenters. The Bertz CT molecular complexity index is 437. The summed E-state index contributed by atoms with van der Waals surface area (Å²) in [7, 11) is 0. The fourth-order valence-corrected chi connectivity index (χ4v) is 3.15. The molecule has 7 nitrogen and oxygen atoms in total. The summed E-state index contributed by atoms with van der Waals surface area (Å²) < 4.78 is 59.4. The van der Waals surface area contributed by atoms with Crippen LogP contribution in [0.1, 0.15) is 32.1 Å². The summed E-state index contributed by atoms with van der Waals surface area (Å²) in [5.74, 6) is 0. The number of carboxylic acid groups (broad SMARTS) is 2. The van der Waals surface area contributed by atoms with Crippen molar-refractivity contribution in [1.29, 1.82) is 0 Å². The molecule has 15 heteroatoms. The standard InChI is InChI=1S/C15H32N4.CH2O3.AsF6.Co/c1-6-16-7-2-12-19-13-4-9-17-8-3-11-18(10-1)14-5-15-19;2-1(3)4;2-1(3,4,5,6)7;/h16-17H,1-15H2;(H2,2,3,4);;/q;;-1;+3/p-2. The van der Waals surface area contributed by atoms with Crippen LogP contribution in [0.2, 0.25) is 0 Å². The average molecular weight is 576 g/mol. The molecule has 0 saturated carbocycles. The van der Waals surface area contributed by atoms with Crippen LogP contribution in [0.25, 0.3) is 0 Å². The van der Waals surface area contributed by atoms with Gasteiger partial charge >= 0.3 is 51.8 Å². The maximum absolute atomic E-state index is 11.1. The van der Waals surface area contributed by atoms with E-state index in [2.05, 4.69) is 20.4 Å². The van der Waals surface area contributed by atoms with Crippen LogP contribution in [0, 0.1) is 0 Å². The van der Waals surface area contributed by atoms with E-state index in [1.54, 1.807) is 0 Å². The van der Waals surface area contributed by atoms with Gasteiger partial charge in [-0.05, 0) is 104 Å². The minimum atomic E-state index is -11.1. The quantitative estimate of drug-likeness (QED) is 0.320. The first-order chi connectivity index (χ1) is 13.6. The van der Waals surface area contributed by atoms with Crippen LogP contribution < -0.4 is 20.8 Å². The molecule has 2 bridgehead atoms. The van der Waals surface area contributed by atoms with Crippen molar-refractivity contribution in [3.05, 3.63) is 0 Å². The number of carbonyl (C=O) groups excluding carboxylic acids is 1. The molecule has 2 aliphatic heterocycles. The Morgan fingerprint density at radius 3 is 1.03 bits per heavy atom. The van der Waals surface area contributed by atoms with E-state index in [0.717, 1.165) is 0 Å². The third-order valence-corrected chi connectivity index (χ3v) is 4.26. The number of nitrogens with zero attached hydrogens (tertiary/aromatic N) is 2. The summed E-state index contributed by atoms with van der Waals surface area (Å²) in [6, 6.07) is 0. The summed E-state index contributed by atoms with van der Waals surface area (Å²) in [6.07, 6.45) is 4.23. The number of hydrogen-bond donors (Lipinski definition) is 2. The van der Waals surface area contributed by atoms with Gasteiger partial charge in [0.05, 0.1) is 0 Å². The number of halogens is 6. The van der Waals surface area contributed by atoms with Crippen LogP contribution in [-0.4, -0.2) is 95.6 Å². The first-order valence-electron chi connectivity index (χ1n) is 9.94. The molecule has 0 aromatic rings. The molecule has 2 aliphatic rings. The zero-order chi connectivity index (χ0) is 23.2. The van der Waals surface area contributed by atoms with E-state index < -0.39 is 20.3 Å². The van der Waals surface area contributed by atoms with Crippen molar-refractivity contribution in [1.82, 2.24) is 20.4 Å². The average Bonchev–Trinajstić information content (AvgIpc) is 2.51. The summed E-state index contributed by atoms with van der Waals surface area (Å²) in [6.45, 7) is 12.4. The Kier molecular flexibility index (Phi) is 15.7. The van der Waals surface area contributed by atoms with Gasteiger partial charge < -0.3 is 35.4 Å². The van der Waals surface area contributed by atoms with E-state index >= 15 is 0 Å². The summed E-state index contributed by atoms with van der Waals surface area (Å²) in [5.41, 5.74) is 0. The van der Waals surface area contributed by atoms with Gasteiger partial charge in [0.2, 0.25) is 0 Å². The SMILES string of the molecule is C1CNCCCN2CCCNCCCN(C1)CCC2.F[As-](F)(F)(F)(F)F.O=C([O-])[O-].[Co+3]. The third kappa shape index (κ3) is 34.6. The van der Waals surface area contributed by atoms with Gasteiger partial charge in [-0.2, -0.15) is 0 Å². The molecule has 31 heavy (non-hydrogen) atoms. The van der Waals surface area contributed by atoms with Gasteiger partial charge in [-0.25, -0.2) is 0 Å². The van der Waals surface area contributed by atoms with E-state index in [1.807, 2.05) is 0 Å². The second kappa shape index (κ2) is 14.8. The number of carbonyl (C=O) groups is 1. The predicted molar refractivity (Wildman–Crippen MR) is 99.5 cm³/mol. The fourth-order valence-electron chi connectivity index (χ4n) is 3.15. The monoisotopic (exact) mass is 576 g/mol. The van der Waals surface area contributed by atoms with Crippen LogP contribution in [0.4, 0.5) is 25.6 Å². The normalized spacial score (nSPS) is 26.1. The number of rotatable bonds is 0. The van der Waals surface area contributed by atoms with Crippen molar-refractivity contribution in [3.63, 3.8) is 0 Å². The maximum Gasteiger partial charge on any atom is 3.00 e. The Balaban J connectivity index is 0. The molecule has 2 heterocycles. The van der Waals surface area contributed by atoms with Gasteiger partial charge in [-0.3, -0.25) is 0 Å². The smallest absolute Gasteiger partial charge is 0.652 e. The van der Waals surface area contributed by atoms with Crippen molar-refractivity contribution >= 4 is 20.3 Å². The van der Waals surface area contributed by atoms with Crippen LogP contribution in [-0.2, 0) is 16.8 Å². The van der Waals surface area contributed by atoms with Gasteiger partial charge in [-0.15, -0.1) is 0 Å². The van der Waals surface area contributed by atoms with Crippen molar-refractivity contribution in [2.24, 2.45) is 0 Å². The van der Waals surface area contributed by atoms with Crippen LogP contribution in [0.3, 0.4) is 0 Å². The van der Waals surface area contributed by atoms with Crippen molar-refractivity contribution < 1.29 is 52.6 Å². The van der Waals surface area contributed by atoms with Crippen LogP contribution in [0.15, 0.2) is 0 Å². The molecule has 0 radical (unpaired) electrons.